The van der Waals surface area contributed by atoms with Crippen molar-refractivity contribution in [1.29, 1.82) is 0 Å². The van der Waals surface area contributed by atoms with E-state index in [2.05, 4.69) is 32.5 Å². The number of ether oxygens (including phenoxy) is 2. The topological polar surface area (TPSA) is 144 Å². The fourth-order valence-electron chi connectivity index (χ4n) is 3.27. The molecule has 0 fully saturated rings. The van der Waals surface area contributed by atoms with Crippen LogP contribution in [0.2, 0.25) is 10.0 Å². The molecule has 0 bridgehead atoms. The smallest absolute Gasteiger partial charge is 0.327 e. The molecule has 3 rings (SSSR count). The number of carbonyl (C=O) groups is 2. The first-order valence-electron chi connectivity index (χ1n) is 11.2. The molecule has 3 aromatic rings. The SMILES string of the molecule is C=CC(=O)Nc1cc(C(C)N)ccc1Nc1cc(N(C)C(=O)Nc2c(Cl)c(OC)cc(OC)c2Cl)ncn1. The number of methoxy groups -OCH3 is 2. The normalized spacial score (nSPS) is 11.2. The lowest BCUT2D eigenvalue weighted by atomic mass is 10.1. The van der Waals surface area contributed by atoms with Crippen LogP contribution < -0.4 is 36.1 Å². The zero-order valence-electron chi connectivity index (χ0n) is 21.1. The van der Waals surface area contributed by atoms with Crippen LogP contribution in [0.5, 0.6) is 11.5 Å². The Labute approximate surface area is 229 Å². The van der Waals surface area contributed by atoms with Crippen molar-refractivity contribution < 1.29 is 19.1 Å². The highest BCUT2D eigenvalue weighted by molar-refractivity contribution is 6.41. The van der Waals surface area contributed by atoms with Crippen LogP contribution in [0.25, 0.3) is 0 Å². The van der Waals surface area contributed by atoms with E-state index >= 15 is 0 Å². The summed E-state index contributed by atoms with van der Waals surface area (Å²) >= 11 is 12.7. The number of aromatic nitrogens is 2. The van der Waals surface area contributed by atoms with Gasteiger partial charge in [0.15, 0.2) is 0 Å². The molecular weight excluding hydrogens is 533 g/mol. The fraction of sp³-hybridized carbons (Fsp3) is 0.200. The van der Waals surface area contributed by atoms with Crippen molar-refractivity contribution in [2.45, 2.75) is 13.0 Å². The molecule has 0 saturated heterocycles. The molecular formula is C25H27Cl2N7O4. The molecule has 1 heterocycles. The van der Waals surface area contributed by atoms with Crippen LogP contribution in [-0.4, -0.2) is 43.2 Å². The van der Waals surface area contributed by atoms with Crippen LogP contribution in [-0.2, 0) is 4.79 Å². The Bertz CT molecular complexity index is 1340. The van der Waals surface area contributed by atoms with Gasteiger partial charge in [0.25, 0.3) is 0 Å². The Balaban J connectivity index is 1.87. The minimum Gasteiger partial charge on any atom is -0.495 e. The molecule has 3 amide bonds. The van der Waals surface area contributed by atoms with Gasteiger partial charge in [-0.05, 0) is 30.7 Å². The van der Waals surface area contributed by atoms with Crippen molar-refractivity contribution in [3.8, 4) is 11.5 Å². The summed E-state index contributed by atoms with van der Waals surface area (Å²) in [4.78, 5) is 34.7. The summed E-state index contributed by atoms with van der Waals surface area (Å²) in [6, 6.07) is 7.57. The molecule has 0 saturated carbocycles. The summed E-state index contributed by atoms with van der Waals surface area (Å²) < 4.78 is 10.5. The Kier molecular flexibility index (Phi) is 9.35. The van der Waals surface area contributed by atoms with E-state index in [1.165, 1.54) is 38.6 Å². The quantitative estimate of drug-likeness (QED) is 0.256. The van der Waals surface area contributed by atoms with Gasteiger partial charge in [-0.1, -0.05) is 35.8 Å². The van der Waals surface area contributed by atoms with Crippen molar-refractivity contribution in [3.63, 3.8) is 0 Å². The highest BCUT2D eigenvalue weighted by atomic mass is 35.5. The van der Waals surface area contributed by atoms with E-state index in [1.54, 1.807) is 18.2 Å². The number of hydrogen-bond donors (Lipinski definition) is 4. The maximum atomic E-state index is 13.1. The number of anilines is 5. The lowest BCUT2D eigenvalue weighted by molar-refractivity contribution is -0.111. The van der Waals surface area contributed by atoms with Gasteiger partial charge in [-0.3, -0.25) is 9.69 Å². The maximum absolute atomic E-state index is 13.1. The number of hydrogen-bond acceptors (Lipinski definition) is 8. The average molecular weight is 560 g/mol. The minimum absolute atomic E-state index is 0.106. The lowest BCUT2D eigenvalue weighted by Gasteiger charge is -2.20. The van der Waals surface area contributed by atoms with E-state index in [4.69, 9.17) is 38.4 Å². The third kappa shape index (κ3) is 6.43. The number of nitrogens with zero attached hydrogens (tertiary/aromatic N) is 3. The molecule has 1 unspecified atom stereocenters. The van der Waals surface area contributed by atoms with Crippen molar-refractivity contribution in [2.75, 3.05) is 42.1 Å². The summed E-state index contributed by atoms with van der Waals surface area (Å²) in [5.41, 5.74) is 7.95. The number of rotatable bonds is 9. The number of benzene rings is 2. The van der Waals surface area contributed by atoms with E-state index in [0.717, 1.165) is 11.6 Å². The van der Waals surface area contributed by atoms with Gasteiger partial charge in [-0.25, -0.2) is 14.8 Å². The Hall–Kier alpha value is -4.06. The van der Waals surface area contributed by atoms with E-state index in [9.17, 15) is 9.59 Å². The molecule has 0 aliphatic heterocycles. The van der Waals surface area contributed by atoms with Gasteiger partial charge in [-0.2, -0.15) is 0 Å². The number of nitrogens with two attached hydrogens (primary N) is 1. The zero-order chi connectivity index (χ0) is 28.0. The summed E-state index contributed by atoms with van der Waals surface area (Å²) in [6.45, 7) is 5.32. The first kappa shape index (κ1) is 28.5. The number of halogens is 2. The summed E-state index contributed by atoms with van der Waals surface area (Å²) in [5.74, 6) is 0.770. The average Bonchev–Trinajstić information content (AvgIpc) is 2.91. The Morgan fingerprint density at radius 1 is 1.05 bits per heavy atom. The number of nitrogens with one attached hydrogen (secondary N) is 3. The van der Waals surface area contributed by atoms with E-state index in [-0.39, 0.29) is 45.0 Å². The zero-order valence-corrected chi connectivity index (χ0v) is 22.6. The molecule has 2 aromatic carbocycles. The summed E-state index contributed by atoms with van der Waals surface area (Å²) in [6.07, 6.45) is 2.45. The molecule has 38 heavy (non-hydrogen) atoms. The monoisotopic (exact) mass is 559 g/mol. The Morgan fingerprint density at radius 2 is 1.71 bits per heavy atom. The van der Waals surface area contributed by atoms with Crippen molar-refractivity contribution in [3.05, 3.63) is 64.9 Å². The number of amides is 3. The third-order valence-electron chi connectivity index (χ3n) is 5.38. The van der Waals surface area contributed by atoms with Crippen LogP contribution >= 0.6 is 23.2 Å². The molecule has 0 aliphatic carbocycles. The highest BCUT2D eigenvalue weighted by Crippen LogP contribution is 2.44. The molecule has 5 N–H and O–H groups in total. The first-order valence-corrected chi connectivity index (χ1v) is 11.9. The number of carbonyl (C=O) groups excluding carboxylic acids is 2. The standard InChI is InChI=1S/C25H27Cl2N7O4/c1-6-21(35)32-16-9-14(13(2)28)7-8-15(16)31-19-11-20(30-12-29-19)34(3)25(36)33-24-22(26)17(37-4)10-18(38-5)23(24)27/h6-13H,1,28H2,2-5H3,(H,32,35)(H,33,36)(H,29,30,31). The van der Waals surface area contributed by atoms with Crippen LogP contribution in [0.3, 0.4) is 0 Å². The van der Waals surface area contributed by atoms with Crippen molar-refractivity contribution >= 4 is 63.8 Å². The Morgan fingerprint density at radius 3 is 2.29 bits per heavy atom. The molecule has 200 valence electrons. The second-order valence-corrected chi connectivity index (χ2v) is 8.70. The highest BCUT2D eigenvalue weighted by Gasteiger charge is 2.22. The van der Waals surface area contributed by atoms with Gasteiger partial charge < -0.3 is 31.2 Å². The van der Waals surface area contributed by atoms with E-state index in [0.29, 0.717) is 17.2 Å². The molecule has 11 nitrogen and oxygen atoms in total. The second-order valence-electron chi connectivity index (χ2n) is 7.95. The summed E-state index contributed by atoms with van der Waals surface area (Å²) in [5, 5.41) is 8.75. The maximum Gasteiger partial charge on any atom is 0.327 e. The molecule has 0 aliphatic rings. The van der Waals surface area contributed by atoms with Crippen LogP contribution in [0.1, 0.15) is 18.5 Å². The van der Waals surface area contributed by atoms with Gasteiger partial charge >= 0.3 is 6.03 Å². The molecule has 0 radical (unpaired) electrons. The summed E-state index contributed by atoms with van der Waals surface area (Å²) in [7, 11) is 4.37. The third-order valence-corrected chi connectivity index (χ3v) is 6.13. The van der Waals surface area contributed by atoms with Gasteiger partial charge in [0.1, 0.15) is 39.5 Å². The molecule has 1 atom stereocenters. The largest absolute Gasteiger partial charge is 0.495 e. The first-order chi connectivity index (χ1) is 18.1. The molecule has 0 spiro atoms. The molecule has 1 aromatic heterocycles. The van der Waals surface area contributed by atoms with Gasteiger partial charge in [0, 0.05) is 25.2 Å². The second kappa shape index (κ2) is 12.5. The van der Waals surface area contributed by atoms with Gasteiger partial charge in [0.05, 0.1) is 31.3 Å². The predicted molar refractivity (Wildman–Crippen MR) is 150 cm³/mol. The molecule has 13 heteroatoms. The van der Waals surface area contributed by atoms with Crippen LogP contribution in [0.15, 0.2) is 49.3 Å². The minimum atomic E-state index is -0.589. The van der Waals surface area contributed by atoms with Gasteiger partial charge in [0.2, 0.25) is 5.91 Å². The van der Waals surface area contributed by atoms with Gasteiger partial charge in [-0.15, -0.1) is 0 Å². The predicted octanol–water partition coefficient (Wildman–Crippen LogP) is 5.36. The fourth-order valence-corrected chi connectivity index (χ4v) is 3.86. The van der Waals surface area contributed by atoms with Crippen molar-refractivity contribution in [1.82, 2.24) is 9.97 Å². The van der Waals surface area contributed by atoms with Crippen LogP contribution in [0.4, 0.5) is 33.5 Å². The van der Waals surface area contributed by atoms with Crippen LogP contribution in [0, 0.1) is 0 Å². The lowest BCUT2D eigenvalue weighted by Crippen LogP contribution is -2.32. The van der Waals surface area contributed by atoms with E-state index < -0.39 is 6.03 Å². The van der Waals surface area contributed by atoms with E-state index in [1.807, 2.05) is 13.0 Å². The van der Waals surface area contributed by atoms with Crippen molar-refractivity contribution in [2.24, 2.45) is 5.73 Å². The number of urea groups is 1.